The maximum absolute atomic E-state index is 13.5. The number of Topliss-reactive ketones (excluding diaryl/α,β-unsaturated/α-hetero) is 1. The third-order valence-electron chi connectivity index (χ3n) is 6.48. The maximum Gasteiger partial charge on any atom is 0.301 e. The van der Waals surface area contributed by atoms with Crippen LogP contribution in [0.1, 0.15) is 55.3 Å². The highest BCUT2D eigenvalue weighted by Gasteiger charge is 2.48. The zero-order valence-electron chi connectivity index (χ0n) is 21.7. The molecule has 196 valence electrons. The third kappa shape index (κ3) is 4.51. The molecular weight excluding hydrogens is 540 g/mol. The molecule has 0 spiro atoms. The molecule has 1 unspecified atom stereocenters. The van der Waals surface area contributed by atoms with Crippen molar-refractivity contribution in [1.29, 1.82) is 0 Å². The summed E-state index contributed by atoms with van der Waals surface area (Å²) in [4.78, 5) is 33.8. The molecule has 1 atom stereocenters. The van der Waals surface area contributed by atoms with Crippen LogP contribution < -0.4 is 9.64 Å². The minimum Gasteiger partial charge on any atom is -0.507 e. The lowest BCUT2D eigenvalue weighted by Gasteiger charge is -2.24. The molecule has 6 nitrogen and oxygen atoms in total. The first-order valence-electron chi connectivity index (χ1n) is 12.2. The smallest absolute Gasteiger partial charge is 0.301 e. The van der Waals surface area contributed by atoms with Gasteiger partial charge < -0.3 is 9.84 Å². The summed E-state index contributed by atoms with van der Waals surface area (Å²) in [5.41, 5.74) is 2.65. The van der Waals surface area contributed by atoms with Crippen molar-refractivity contribution in [3.63, 3.8) is 0 Å². The Morgan fingerprint density at radius 3 is 2.61 bits per heavy atom. The molecule has 0 bridgehead atoms. The molecule has 0 radical (unpaired) electrons. The van der Waals surface area contributed by atoms with Gasteiger partial charge in [-0.3, -0.25) is 14.5 Å². The summed E-state index contributed by atoms with van der Waals surface area (Å²) in [5, 5.41) is 14.4. The van der Waals surface area contributed by atoms with Gasteiger partial charge in [-0.15, -0.1) is 11.3 Å². The van der Waals surface area contributed by atoms with E-state index in [-0.39, 0.29) is 16.7 Å². The molecule has 3 heterocycles. The summed E-state index contributed by atoms with van der Waals surface area (Å²) >= 11 is 9.03. The Labute approximate surface area is 234 Å². The first-order chi connectivity index (χ1) is 18.0. The van der Waals surface area contributed by atoms with Crippen molar-refractivity contribution in [2.75, 3.05) is 11.5 Å². The van der Waals surface area contributed by atoms with Gasteiger partial charge in [0.2, 0.25) is 0 Å². The van der Waals surface area contributed by atoms with Crippen molar-refractivity contribution in [1.82, 2.24) is 4.98 Å². The molecule has 5 rings (SSSR count). The van der Waals surface area contributed by atoms with E-state index in [0.717, 1.165) is 26.5 Å². The minimum atomic E-state index is -0.809. The zero-order valence-corrected chi connectivity index (χ0v) is 24.1. The van der Waals surface area contributed by atoms with Crippen LogP contribution in [0.5, 0.6) is 5.75 Å². The lowest BCUT2D eigenvalue weighted by atomic mass is 9.84. The van der Waals surface area contributed by atoms with Crippen LogP contribution in [0.2, 0.25) is 5.02 Å². The number of aryl methyl sites for hydroxylation is 1. The molecule has 1 aliphatic rings. The summed E-state index contributed by atoms with van der Waals surface area (Å²) < 4.78 is 6.68. The molecule has 38 heavy (non-hydrogen) atoms. The number of thiophene rings is 1. The normalized spacial score (nSPS) is 17.5. The molecule has 1 fully saturated rings. The fourth-order valence-corrected chi connectivity index (χ4v) is 6.64. The number of fused-ring (bicyclic) bond motifs is 1. The van der Waals surface area contributed by atoms with E-state index >= 15 is 0 Å². The number of halogens is 1. The summed E-state index contributed by atoms with van der Waals surface area (Å²) in [6.07, 6.45) is 0. The van der Waals surface area contributed by atoms with E-state index in [1.807, 2.05) is 43.5 Å². The molecule has 2 aromatic carbocycles. The fourth-order valence-electron chi connectivity index (χ4n) is 4.59. The van der Waals surface area contributed by atoms with Crippen molar-refractivity contribution in [3.8, 4) is 5.75 Å². The second-order valence-corrected chi connectivity index (χ2v) is 12.5. The number of nitrogens with zero attached hydrogens (tertiary/aromatic N) is 2. The number of amides is 1. The van der Waals surface area contributed by atoms with Gasteiger partial charge in [0.25, 0.3) is 5.78 Å². The van der Waals surface area contributed by atoms with Gasteiger partial charge in [0.15, 0.2) is 5.13 Å². The number of carbonyl (C=O) groups excluding carboxylic acids is 2. The Hall–Kier alpha value is -3.20. The van der Waals surface area contributed by atoms with Gasteiger partial charge in [-0.2, -0.15) is 0 Å². The molecule has 1 aliphatic heterocycles. The Morgan fingerprint density at radius 2 is 1.95 bits per heavy atom. The number of rotatable bonds is 5. The van der Waals surface area contributed by atoms with E-state index in [1.165, 1.54) is 27.6 Å². The Kier molecular flexibility index (Phi) is 6.84. The number of hydrogen-bond acceptors (Lipinski definition) is 7. The van der Waals surface area contributed by atoms with E-state index in [2.05, 4.69) is 25.8 Å². The van der Waals surface area contributed by atoms with Gasteiger partial charge in [0.1, 0.15) is 17.6 Å². The van der Waals surface area contributed by atoms with E-state index in [9.17, 15) is 14.7 Å². The summed E-state index contributed by atoms with van der Waals surface area (Å²) in [5.74, 6) is -0.984. The predicted molar refractivity (Wildman–Crippen MR) is 155 cm³/mol. The van der Waals surface area contributed by atoms with Crippen LogP contribution in [-0.2, 0) is 15.0 Å². The minimum absolute atomic E-state index is 0.0370. The Balaban J connectivity index is 1.69. The van der Waals surface area contributed by atoms with Crippen molar-refractivity contribution < 1.29 is 19.4 Å². The quantitative estimate of drug-likeness (QED) is 0.152. The summed E-state index contributed by atoms with van der Waals surface area (Å²) in [6.45, 7) is 10.5. The molecule has 9 heteroatoms. The van der Waals surface area contributed by atoms with Crippen LogP contribution in [0.4, 0.5) is 5.13 Å². The van der Waals surface area contributed by atoms with Crippen molar-refractivity contribution in [3.05, 3.63) is 80.0 Å². The first-order valence-corrected chi connectivity index (χ1v) is 14.3. The lowest BCUT2D eigenvalue weighted by Crippen LogP contribution is -2.28. The number of aromatic nitrogens is 1. The molecule has 1 saturated heterocycles. The van der Waals surface area contributed by atoms with E-state index in [0.29, 0.717) is 27.8 Å². The molecule has 0 aliphatic carbocycles. The van der Waals surface area contributed by atoms with Crippen LogP contribution in [0, 0.1) is 6.92 Å². The molecule has 4 aromatic rings. The highest BCUT2D eigenvalue weighted by Crippen LogP contribution is 2.46. The predicted octanol–water partition coefficient (Wildman–Crippen LogP) is 7.64. The highest BCUT2D eigenvalue weighted by molar-refractivity contribution is 7.22. The summed E-state index contributed by atoms with van der Waals surface area (Å²) in [6, 6.07) is 11.9. The third-order valence-corrected chi connectivity index (χ3v) is 8.83. The molecule has 1 amide bonds. The van der Waals surface area contributed by atoms with Crippen LogP contribution in [-0.4, -0.2) is 28.4 Å². The number of benzene rings is 2. The highest BCUT2D eigenvalue weighted by atomic mass is 35.5. The average molecular weight is 567 g/mol. The van der Waals surface area contributed by atoms with Crippen LogP contribution in [0.15, 0.2) is 53.4 Å². The first kappa shape index (κ1) is 26.4. The van der Waals surface area contributed by atoms with E-state index < -0.39 is 17.7 Å². The fraction of sp³-hybridized carbons (Fsp3) is 0.276. The van der Waals surface area contributed by atoms with Gasteiger partial charge in [-0.05, 0) is 66.6 Å². The lowest BCUT2D eigenvalue weighted by molar-refractivity contribution is -0.132. The van der Waals surface area contributed by atoms with Crippen molar-refractivity contribution in [2.24, 2.45) is 0 Å². The topological polar surface area (TPSA) is 79.7 Å². The second-order valence-electron chi connectivity index (χ2n) is 10.1. The summed E-state index contributed by atoms with van der Waals surface area (Å²) in [7, 11) is 0. The van der Waals surface area contributed by atoms with Gasteiger partial charge >= 0.3 is 5.91 Å². The largest absolute Gasteiger partial charge is 0.507 e. The monoisotopic (exact) mass is 566 g/mol. The SMILES string of the molecule is CCOc1ccc(/C(O)=C2\C(=O)C(=O)N(c3nc4cc(Cl)c(C)cc4s3)C2c2cccs2)cc1C(C)(C)C. The number of aliphatic hydroxyl groups is 1. The van der Waals surface area contributed by atoms with Gasteiger partial charge in [-0.25, -0.2) is 4.98 Å². The maximum atomic E-state index is 13.5. The van der Waals surface area contributed by atoms with Gasteiger partial charge in [0, 0.05) is 21.0 Å². The number of ether oxygens (including phenoxy) is 1. The average Bonchev–Trinajstić information content (AvgIpc) is 3.58. The van der Waals surface area contributed by atoms with E-state index in [4.69, 9.17) is 16.3 Å². The number of thiazole rings is 1. The second kappa shape index (κ2) is 9.84. The Morgan fingerprint density at radius 1 is 1.18 bits per heavy atom. The number of ketones is 1. The number of carbonyl (C=O) groups is 2. The number of hydrogen-bond donors (Lipinski definition) is 1. The molecule has 0 saturated carbocycles. The van der Waals surface area contributed by atoms with Crippen LogP contribution in [0.3, 0.4) is 0 Å². The van der Waals surface area contributed by atoms with Crippen molar-refractivity contribution in [2.45, 2.75) is 46.1 Å². The van der Waals surface area contributed by atoms with E-state index in [1.54, 1.807) is 18.2 Å². The van der Waals surface area contributed by atoms with Gasteiger partial charge in [0.05, 0.1) is 22.4 Å². The standard InChI is InChI=1S/C29H27ClN2O4S2/c1-6-36-20-10-9-16(13-17(20)29(3,4)5)25(33)23-24(21-8-7-11-37-21)32(27(35)26(23)34)28-31-19-14-18(30)15(2)12-22(19)38-28/h7-14,24,33H,6H2,1-5H3/b25-23+. The zero-order chi connectivity index (χ0) is 27.4. The van der Waals surface area contributed by atoms with Gasteiger partial charge in [-0.1, -0.05) is 49.8 Å². The molecule has 2 aromatic heterocycles. The number of anilines is 1. The Bertz CT molecular complexity index is 1560. The molecular formula is C29H27ClN2O4S2. The molecule has 1 N–H and O–H groups in total. The van der Waals surface area contributed by atoms with Crippen LogP contribution >= 0.6 is 34.3 Å². The number of aliphatic hydroxyl groups excluding tert-OH is 1. The van der Waals surface area contributed by atoms with Crippen LogP contribution in [0.25, 0.3) is 16.0 Å². The van der Waals surface area contributed by atoms with Crippen molar-refractivity contribution >= 4 is 67.1 Å².